The van der Waals surface area contributed by atoms with E-state index in [1.165, 1.54) is 0 Å². The van der Waals surface area contributed by atoms with Crippen molar-refractivity contribution in [3.05, 3.63) is 87.5 Å². The Morgan fingerprint density at radius 2 is 1.85 bits per heavy atom. The largest absolute Gasteiger partial charge is 0.339 e. The van der Waals surface area contributed by atoms with Gasteiger partial charge in [0.15, 0.2) is 0 Å². The number of anilines is 2. The summed E-state index contributed by atoms with van der Waals surface area (Å²) in [6.07, 6.45) is 3.17. The fraction of sp³-hybridized carbons (Fsp3) is 0. The lowest BCUT2D eigenvalue weighted by Crippen LogP contribution is -2.19. The number of halogens is 2. The van der Waals surface area contributed by atoms with Crippen LogP contribution in [0.5, 0.6) is 0 Å². The Hall–Kier alpha value is -2.70. The van der Waals surface area contributed by atoms with E-state index in [9.17, 15) is 4.79 Å². The Morgan fingerprint density at radius 1 is 1.08 bits per heavy atom. The molecule has 3 aromatic rings. The molecule has 0 bridgehead atoms. The van der Waals surface area contributed by atoms with E-state index in [-0.39, 0.29) is 5.91 Å². The second-order valence-corrected chi connectivity index (χ2v) is 6.55. The van der Waals surface area contributed by atoms with Gasteiger partial charge in [-0.2, -0.15) is 5.10 Å². The lowest BCUT2D eigenvalue weighted by atomic mass is 10.2. The molecule has 2 N–H and O–H groups in total. The van der Waals surface area contributed by atoms with Crippen LogP contribution in [0.25, 0.3) is 0 Å². The first kappa shape index (κ1) is 18.1. The lowest BCUT2D eigenvalue weighted by Gasteiger charge is -2.11. The molecule has 1 aromatic heterocycles. The number of nitrogens with zero attached hydrogens (tertiary/aromatic N) is 2. The van der Waals surface area contributed by atoms with Crippen LogP contribution in [-0.4, -0.2) is 17.1 Å². The highest BCUT2D eigenvalue weighted by atomic mass is 79.9. The number of rotatable bonds is 5. The van der Waals surface area contributed by atoms with E-state index in [2.05, 4.69) is 36.8 Å². The maximum Gasteiger partial charge on any atom is 0.275 e. The molecular formula is C19H14BrClN4O. The van der Waals surface area contributed by atoms with Crippen molar-refractivity contribution >= 4 is 51.2 Å². The fourth-order valence-electron chi connectivity index (χ4n) is 2.15. The van der Waals surface area contributed by atoms with Crippen LogP contribution in [0.1, 0.15) is 15.9 Å². The highest BCUT2D eigenvalue weighted by Gasteiger charge is 2.12. The van der Waals surface area contributed by atoms with E-state index in [0.29, 0.717) is 16.4 Å². The molecule has 0 spiro atoms. The highest BCUT2D eigenvalue weighted by Crippen LogP contribution is 2.25. The van der Waals surface area contributed by atoms with E-state index < -0.39 is 0 Å². The second-order valence-electron chi connectivity index (χ2n) is 5.26. The Bertz CT molecular complexity index is 944. The number of carbonyl (C=O) groups is 1. The van der Waals surface area contributed by atoms with E-state index >= 15 is 0 Å². The third kappa shape index (κ3) is 4.68. The zero-order valence-electron chi connectivity index (χ0n) is 13.5. The van der Waals surface area contributed by atoms with Crippen LogP contribution in [0, 0.1) is 0 Å². The smallest absolute Gasteiger partial charge is 0.275 e. The summed E-state index contributed by atoms with van der Waals surface area (Å²) in [5, 5.41) is 7.77. The minimum Gasteiger partial charge on any atom is -0.339 e. The molecule has 0 radical (unpaired) electrons. The molecule has 0 saturated heterocycles. The molecule has 0 saturated carbocycles. The maximum absolute atomic E-state index is 12.4. The van der Waals surface area contributed by atoms with Gasteiger partial charge in [0.25, 0.3) is 5.91 Å². The van der Waals surface area contributed by atoms with Crippen LogP contribution >= 0.6 is 27.5 Å². The summed E-state index contributed by atoms with van der Waals surface area (Å²) >= 11 is 9.30. The van der Waals surface area contributed by atoms with Crippen molar-refractivity contribution in [2.75, 3.05) is 5.32 Å². The molecule has 0 aliphatic heterocycles. The number of pyridine rings is 1. The van der Waals surface area contributed by atoms with Gasteiger partial charge in [0.1, 0.15) is 5.82 Å². The quantitative estimate of drug-likeness (QED) is 0.443. The average molecular weight is 430 g/mol. The van der Waals surface area contributed by atoms with Crippen molar-refractivity contribution < 1.29 is 4.79 Å². The number of benzene rings is 2. The highest BCUT2D eigenvalue weighted by molar-refractivity contribution is 9.10. The van der Waals surface area contributed by atoms with Gasteiger partial charge in [-0.25, -0.2) is 10.4 Å². The van der Waals surface area contributed by atoms with Crippen molar-refractivity contribution in [3.8, 4) is 0 Å². The molecule has 2 aromatic carbocycles. The molecule has 26 heavy (non-hydrogen) atoms. The minimum absolute atomic E-state index is 0.363. The van der Waals surface area contributed by atoms with Gasteiger partial charge in [0.05, 0.1) is 17.5 Å². The van der Waals surface area contributed by atoms with Crippen molar-refractivity contribution in [2.24, 2.45) is 5.10 Å². The average Bonchev–Trinajstić information content (AvgIpc) is 2.65. The number of hydrogen-bond acceptors (Lipinski definition) is 4. The van der Waals surface area contributed by atoms with Crippen molar-refractivity contribution in [2.45, 2.75) is 0 Å². The first-order valence-corrected chi connectivity index (χ1v) is 8.86. The first-order valence-electron chi connectivity index (χ1n) is 7.69. The fourth-order valence-corrected chi connectivity index (χ4v) is 2.66. The topological polar surface area (TPSA) is 66.4 Å². The number of hydrazone groups is 1. The summed E-state index contributed by atoms with van der Waals surface area (Å²) < 4.78 is 0.873. The van der Waals surface area contributed by atoms with Crippen LogP contribution < -0.4 is 10.7 Å². The van der Waals surface area contributed by atoms with Crippen LogP contribution in [-0.2, 0) is 0 Å². The van der Waals surface area contributed by atoms with Crippen LogP contribution in [0.15, 0.2) is 76.4 Å². The van der Waals surface area contributed by atoms with Gasteiger partial charge >= 0.3 is 0 Å². The van der Waals surface area contributed by atoms with E-state index in [4.69, 9.17) is 11.6 Å². The normalized spacial score (nSPS) is 10.7. The minimum atomic E-state index is -0.363. The van der Waals surface area contributed by atoms with Crippen molar-refractivity contribution in [1.82, 2.24) is 10.4 Å². The SMILES string of the molecule is O=C(N/N=C/c1ccc(Cl)cc1)c1cccnc1Nc1ccccc1Br. The summed E-state index contributed by atoms with van der Waals surface area (Å²) in [7, 11) is 0. The zero-order chi connectivity index (χ0) is 18.4. The van der Waals surface area contributed by atoms with E-state index in [1.54, 1.807) is 36.7 Å². The van der Waals surface area contributed by atoms with Crippen LogP contribution in [0.2, 0.25) is 5.02 Å². The molecule has 0 unspecified atom stereocenters. The number of carbonyl (C=O) groups excluding carboxylic acids is 1. The number of amides is 1. The van der Waals surface area contributed by atoms with Gasteiger partial charge < -0.3 is 5.32 Å². The van der Waals surface area contributed by atoms with Gasteiger partial charge in [0, 0.05) is 15.7 Å². The molecule has 130 valence electrons. The monoisotopic (exact) mass is 428 g/mol. The number of para-hydroxylation sites is 1. The van der Waals surface area contributed by atoms with Gasteiger partial charge in [-0.15, -0.1) is 0 Å². The molecule has 0 fully saturated rings. The maximum atomic E-state index is 12.4. The summed E-state index contributed by atoms with van der Waals surface area (Å²) in [6, 6.07) is 18.1. The molecule has 0 aliphatic carbocycles. The molecule has 1 heterocycles. The predicted octanol–water partition coefficient (Wildman–Crippen LogP) is 5.01. The van der Waals surface area contributed by atoms with Crippen molar-refractivity contribution in [3.63, 3.8) is 0 Å². The molecule has 0 aliphatic rings. The van der Waals surface area contributed by atoms with Crippen LogP contribution in [0.4, 0.5) is 11.5 Å². The Morgan fingerprint density at radius 3 is 2.62 bits per heavy atom. The summed E-state index contributed by atoms with van der Waals surface area (Å²) in [4.78, 5) is 16.7. The summed E-state index contributed by atoms with van der Waals surface area (Å²) in [6.45, 7) is 0. The van der Waals surface area contributed by atoms with Gasteiger partial charge in [-0.1, -0.05) is 35.9 Å². The predicted molar refractivity (Wildman–Crippen MR) is 108 cm³/mol. The number of nitrogens with one attached hydrogen (secondary N) is 2. The molecule has 3 rings (SSSR count). The Balaban J connectivity index is 1.73. The molecule has 1 amide bonds. The number of hydrogen-bond donors (Lipinski definition) is 2. The molecule has 7 heteroatoms. The first-order chi connectivity index (χ1) is 12.6. The molecular weight excluding hydrogens is 416 g/mol. The van der Waals surface area contributed by atoms with Gasteiger partial charge in [-0.3, -0.25) is 4.79 Å². The Kier molecular flexibility index (Phi) is 5.99. The standard InChI is InChI=1S/C19H14BrClN4O/c20-16-5-1-2-6-17(16)24-18-15(4-3-11-22-18)19(26)25-23-12-13-7-9-14(21)10-8-13/h1-12H,(H,22,24)(H,25,26)/b23-12+. The zero-order valence-corrected chi connectivity index (χ0v) is 15.8. The van der Waals surface area contributed by atoms with Gasteiger partial charge in [-0.05, 0) is 57.9 Å². The van der Waals surface area contributed by atoms with Gasteiger partial charge in [0.2, 0.25) is 0 Å². The second kappa shape index (κ2) is 8.60. The third-order valence-electron chi connectivity index (χ3n) is 3.43. The molecule has 5 nitrogen and oxygen atoms in total. The lowest BCUT2D eigenvalue weighted by molar-refractivity contribution is 0.0955. The summed E-state index contributed by atoms with van der Waals surface area (Å²) in [5.41, 5.74) is 4.53. The Labute approximate surface area is 164 Å². The number of aromatic nitrogens is 1. The van der Waals surface area contributed by atoms with Crippen LogP contribution in [0.3, 0.4) is 0 Å². The summed E-state index contributed by atoms with van der Waals surface area (Å²) in [5.74, 6) is 0.0801. The van der Waals surface area contributed by atoms with E-state index in [1.807, 2.05) is 36.4 Å². The molecule has 0 atom stereocenters. The third-order valence-corrected chi connectivity index (χ3v) is 4.37. The van der Waals surface area contributed by atoms with E-state index in [0.717, 1.165) is 15.7 Å². The van der Waals surface area contributed by atoms with Crippen molar-refractivity contribution in [1.29, 1.82) is 0 Å².